The smallest absolute Gasteiger partial charge is 0.190 e. The van der Waals surface area contributed by atoms with Gasteiger partial charge in [0.2, 0.25) is 0 Å². The molecule has 0 saturated carbocycles. The molecule has 3 heterocycles. The fourth-order valence-electron chi connectivity index (χ4n) is 3.88. The molecule has 0 radical (unpaired) electrons. The summed E-state index contributed by atoms with van der Waals surface area (Å²) in [6.07, 6.45) is -0.253. The van der Waals surface area contributed by atoms with E-state index in [1.54, 1.807) is 0 Å². The van der Waals surface area contributed by atoms with E-state index in [9.17, 15) is 0 Å². The second-order valence-corrected chi connectivity index (χ2v) is 8.39. The molecular formula is C21H29ClO6. The molecule has 3 aliphatic heterocycles. The molecule has 6 nitrogen and oxygen atoms in total. The van der Waals surface area contributed by atoms with E-state index in [-0.39, 0.29) is 24.4 Å². The van der Waals surface area contributed by atoms with Crippen LogP contribution in [0.2, 0.25) is 5.02 Å². The topological polar surface area (TPSA) is 55.4 Å². The van der Waals surface area contributed by atoms with Gasteiger partial charge in [-0.3, -0.25) is 0 Å². The standard InChI is InChI=1S/C21H29ClO6/c1-5-20(3)24-12-15(26-20)16-17(23-11-13-9-7-8-10-14(13)22)18-19(25-16)28-21(4,6-2)27-18/h7-10,15-19H,5-6,11-12H2,1-4H3/t15-,16-,17+,18-,19-,20?,21?/m1/s1. The number of hydrogen-bond donors (Lipinski definition) is 0. The minimum atomic E-state index is -0.669. The summed E-state index contributed by atoms with van der Waals surface area (Å²) in [5.41, 5.74) is 0.922. The summed E-state index contributed by atoms with van der Waals surface area (Å²) in [5.74, 6) is -1.27. The van der Waals surface area contributed by atoms with Crippen molar-refractivity contribution in [3.8, 4) is 0 Å². The van der Waals surface area contributed by atoms with Gasteiger partial charge in [0.15, 0.2) is 17.9 Å². The molecule has 0 amide bonds. The molecule has 1 aromatic rings. The number of halogens is 1. The lowest BCUT2D eigenvalue weighted by atomic mass is 10.1. The Morgan fingerprint density at radius 1 is 1.04 bits per heavy atom. The lowest BCUT2D eigenvalue weighted by molar-refractivity contribution is -0.245. The third kappa shape index (κ3) is 3.84. The van der Waals surface area contributed by atoms with Crippen LogP contribution in [-0.4, -0.2) is 48.9 Å². The van der Waals surface area contributed by atoms with Gasteiger partial charge < -0.3 is 28.4 Å². The van der Waals surface area contributed by atoms with Crippen molar-refractivity contribution in [2.24, 2.45) is 0 Å². The van der Waals surface area contributed by atoms with E-state index >= 15 is 0 Å². The fourth-order valence-corrected chi connectivity index (χ4v) is 4.07. The molecule has 28 heavy (non-hydrogen) atoms. The first-order valence-electron chi connectivity index (χ1n) is 10.0. The molecule has 0 bridgehead atoms. The number of rotatable bonds is 6. The lowest BCUT2D eigenvalue weighted by Gasteiger charge is -2.30. The van der Waals surface area contributed by atoms with E-state index in [0.29, 0.717) is 18.2 Å². The van der Waals surface area contributed by atoms with Crippen molar-refractivity contribution in [2.75, 3.05) is 6.61 Å². The Kier molecular flexibility index (Phi) is 5.75. The Bertz CT molecular complexity index is 701. The molecule has 4 rings (SSSR count). The quantitative estimate of drug-likeness (QED) is 0.703. The molecule has 3 saturated heterocycles. The third-order valence-electron chi connectivity index (χ3n) is 5.95. The highest BCUT2D eigenvalue weighted by Gasteiger charge is 2.59. The molecule has 3 fully saturated rings. The predicted octanol–water partition coefficient (Wildman–Crippen LogP) is 4.03. The van der Waals surface area contributed by atoms with Crippen LogP contribution in [0.25, 0.3) is 0 Å². The Labute approximate surface area is 171 Å². The Morgan fingerprint density at radius 2 is 1.79 bits per heavy atom. The molecule has 1 aromatic carbocycles. The average Bonchev–Trinajstić information content (AvgIpc) is 3.33. The summed E-state index contributed by atoms with van der Waals surface area (Å²) < 4.78 is 36.8. The van der Waals surface area contributed by atoms with Crippen LogP contribution in [0.5, 0.6) is 0 Å². The van der Waals surface area contributed by atoms with Gasteiger partial charge >= 0.3 is 0 Å². The van der Waals surface area contributed by atoms with Gasteiger partial charge in [-0.15, -0.1) is 0 Å². The van der Waals surface area contributed by atoms with Gasteiger partial charge in [0.05, 0.1) is 13.2 Å². The van der Waals surface area contributed by atoms with Crippen LogP contribution < -0.4 is 0 Å². The second kappa shape index (κ2) is 7.84. The highest BCUT2D eigenvalue weighted by Crippen LogP contribution is 2.43. The average molecular weight is 413 g/mol. The minimum Gasteiger partial charge on any atom is -0.368 e. The van der Waals surface area contributed by atoms with Gasteiger partial charge in [-0.05, 0) is 38.3 Å². The second-order valence-electron chi connectivity index (χ2n) is 7.98. The molecule has 156 valence electrons. The molecule has 7 heteroatoms. The largest absolute Gasteiger partial charge is 0.368 e. The van der Waals surface area contributed by atoms with E-state index in [4.69, 9.17) is 40.0 Å². The molecule has 2 unspecified atom stereocenters. The van der Waals surface area contributed by atoms with Crippen LogP contribution in [0.4, 0.5) is 0 Å². The van der Waals surface area contributed by atoms with Crippen LogP contribution in [0.3, 0.4) is 0 Å². The molecule has 0 aliphatic carbocycles. The zero-order valence-electron chi connectivity index (χ0n) is 16.9. The Hall–Kier alpha value is -0.730. The first-order valence-corrected chi connectivity index (χ1v) is 10.4. The first kappa shape index (κ1) is 20.5. The van der Waals surface area contributed by atoms with Crippen LogP contribution in [0.15, 0.2) is 24.3 Å². The van der Waals surface area contributed by atoms with Crippen molar-refractivity contribution < 1.29 is 28.4 Å². The Balaban J connectivity index is 1.52. The number of benzene rings is 1. The van der Waals surface area contributed by atoms with E-state index < -0.39 is 17.9 Å². The number of fused-ring (bicyclic) bond motifs is 1. The molecule has 7 atom stereocenters. The number of hydrogen-bond acceptors (Lipinski definition) is 6. The minimum absolute atomic E-state index is 0.244. The number of ether oxygens (including phenoxy) is 6. The molecule has 3 aliphatic rings. The predicted molar refractivity (Wildman–Crippen MR) is 103 cm³/mol. The summed E-state index contributed by atoms with van der Waals surface area (Å²) in [4.78, 5) is 0. The molecule has 0 N–H and O–H groups in total. The van der Waals surface area contributed by atoms with Crippen LogP contribution in [0, 0.1) is 0 Å². The van der Waals surface area contributed by atoms with Gasteiger partial charge in [0.1, 0.15) is 24.4 Å². The third-order valence-corrected chi connectivity index (χ3v) is 6.32. The van der Waals surface area contributed by atoms with E-state index in [1.165, 1.54) is 0 Å². The summed E-state index contributed by atoms with van der Waals surface area (Å²) in [5, 5.41) is 0.676. The summed E-state index contributed by atoms with van der Waals surface area (Å²) in [6.45, 7) is 8.75. The normalized spacial score (nSPS) is 42.8. The first-order chi connectivity index (χ1) is 13.4. The molecular weight excluding hydrogens is 384 g/mol. The lowest BCUT2D eigenvalue weighted by Crippen LogP contribution is -2.44. The van der Waals surface area contributed by atoms with Crippen molar-refractivity contribution >= 4 is 11.6 Å². The maximum absolute atomic E-state index is 6.30. The van der Waals surface area contributed by atoms with E-state index in [1.807, 2.05) is 52.0 Å². The van der Waals surface area contributed by atoms with Crippen LogP contribution in [-0.2, 0) is 35.0 Å². The van der Waals surface area contributed by atoms with Gasteiger partial charge in [-0.1, -0.05) is 43.6 Å². The highest BCUT2D eigenvalue weighted by molar-refractivity contribution is 6.31. The zero-order chi connectivity index (χ0) is 19.9. The maximum Gasteiger partial charge on any atom is 0.190 e. The van der Waals surface area contributed by atoms with Crippen LogP contribution >= 0.6 is 11.6 Å². The van der Waals surface area contributed by atoms with Crippen molar-refractivity contribution in [3.63, 3.8) is 0 Å². The SMILES string of the molecule is CCC1(C)O[C@H]2O[C@H]([C@H]3COC(C)(CC)O3)[C@H](OCc3ccccc3Cl)[C@H]2O1. The van der Waals surface area contributed by atoms with Gasteiger partial charge in [-0.25, -0.2) is 0 Å². The van der Waals surface area contributed by atoms with Gasteiger partial charge in [0.25, 0.3) is 0 Å². The van der Waals surface area contributed by atoms with Crippen molar-refractivity contribution in [1.82, 2.24) is 0 Å². The Morgan fingerprint density at radius 3 is 2.46 bits per heavy atom. The highest BCUT2D eigenvalue weighted by atomic mass is 35.5. The van der Waals surface area contributed by atoms with Gasteiger partial charge in [0, 0.05) is 5.02 Å². The summed E-state index contributed by atoms with van der Waals surface area (Å²) in [6, 6.07) is 7.66. The molecule has 0 aromatic heterocycles. The molecule has 0 spiro atoms. The van der Waals surface area contributed by atoms with E-state index in [0.717, 1.165) is 18.4 Å². The maximum atomic E-state index is 6.30. The monoisotopic (exact) mass is 412 g/mol. The summed E-state index contributed by atoms with van der Waals surface area (Å²) in [7, 11) is 0. The van der Waals surface area contributed by atoms with Crippen molar-refractivity contribution in [1.29, 1.82) is 0 Å². The summed E-state index contributed by atoms with van der Waals surface area (Å²) >= 11 is 6.30. The fraction of sp³-hybridized carbons (Fsp3) is 0.714. The van der Waals surface area contributed by atoms with E-state index in [2.05, 4.69) is 0 Å². The zero-order valence-corrected chi connectivity index (χ0v) is 17.6. The van der Waals surface area contributed by atoms with Crippen molar-refractivity contribution in [3.05, 3.63) is 34.9 Å². The van der Waals surface area contributed by atoms with Gasteiger partial charge in [-0.2, -0.15) is 0 Å². The van der Waals surface area contributed by atoms with Crippen molar-refractivity contribution in [2.45, 2.75) is 89.4 Å². The van der Waals surface area contributed by atoms with Crippen LogP contribution in [0.1, 0.15) is 46.1 Å².